The van der Waals surface area contributed by atoms with Crippen molar-refractivity contribution in [2.75, 3.05) is 13.6 Å². The molecule has 116 valence electrons. The summed E-state index contributed by atoms with van der Waals surface area (Å²) in [5.41, 5.74) is 1.11. The Hall–Kier alpha value is -1.49. The third kappa shape index (κ3) is 4.77. The molecule has 0 unspecified atom stereocenters. The van der Waals surface area contributed by atoms with Crippen LogP contribution in [0.3, 0.4) is 0 Å². The van der Waals surface area contributed by atoms with Gasteiger partial charge in [-0.2, -0.15) is 0 Å². The van der Waals surface area contributed by atoms with Crippen molar-refractivity contribution in [3.63, 3.8) is 0 Å². The number of carbonyl (C=O) groups is 1. The zero-order valence-electron chi connectivity index (χ0n) is 12.6. The molecule has 0 aliphatic rings. The first-order chi connectivity index (χ1) is 9.61. The number of nitrogens with one attached hydrogen (secondary N) is 1. The van der Waals surface area contributed by atoms with Crippen molar-refractivity contribution in [3.8, 4) is 5.75 Å². The van der Waals surface area contributed by atoms with Gasteiger partial charge in [-0.3, -0.25) is 4.79 Å². The number of fused-ring (bicyclic) bond motifs is 1. The highest BCUT2D eigenvalue weighted by atomic mass is 35.5. The van der Waals surface area contributed by atoms with E-state index < -0.39 is 0 Å². The number of halogens is 2. The van der Waals surface area contributed by atoms with Crippen LogP contribution in [0.2, 0.25) is 5.02 Å². The highest BCUT2D eigenvalue weighted by molar-refractivity contribution is 6.32. The Bertz CT molecular complexity index is 637. The van der Waals surface area contributed by atoms with Gasteiger partial charge in [-0.05, 0) is 34.9 Å². The molecule has 0 saturated carbocycles. The number of hydrogen-bond donors (Lipinski definition) is 1. The molecule has 0 spiro atoms. The predicted octanol–water partition coefficient (Wildman–Crippen LogP) is 2.78. The minimum atomic E-state index is -0.167. The molecule has 0 aliphatic heterocycles. The molecule has 0 atom stereocenters. The molecule has 21 heavy (non-hydrogen) atoms. The van der Waals surface area contributed by atoms with Crippen LogP contribution >= 0.6 is 24.0 Å². The standard InChI is InChI=1S/C15H16ClNO2.ClH.H2O/c1-10(18)17-7-6-11-4-3-5-12-8-14(16)15(19-2)9-13(11)12;;/h3-5,8-9H,6-7H2,1-2H3,(H,17,18);1H;1H2/i2D;;. The molecular formula is C15H19Cl2NO3. The van der Waals surface area contributed by atoms with E-state index in [1.54, 1.807) is 0 Å². The first-order valence-electron chi connectivity index (χ1n) is 6.70. The normalized spacial score (nSPS) is 10.1. The Morgan fingerprint density at radius 2 is 2.19 bits per heavy atom. The summed E-state index contributed by atoms with van der Waals surface area (Å²) in [5, 5.41) is 5.34. The van der Waals surface area contributed by atoms with Crippen molar-refractivity contribution in [2.45, 2.75) is 13.3 Å². The Kier molecular flexibility index (Phi) is 7.29. The van der Waals surface area contributed by atoms with E-state index in [2.05, 4.69) is 5.32 Å². The highest BCUT2D eigenvalue weighted by Gasteiger charge is 2.07. The van der Waals surface area contributed by atoms with Crippen LogP contribution in [-0.4, -0.2) is 25.0 Å². The number of carbonyl (C=O) groups excluding carboxylic acids is 1. The zero-order valence-corrected chi connectivity index (χ0v) is 13.2. The van der Waals surface area contributed by atoms with Crippen LogP contribution in [-0.2, 0) is 11.2 Å². The second kappa shape index (κ2) is 8.72. The average Bonchev–Trinajstić information content (AvgIpc) is 2.40. The third-order valence-corrected chi connectivity index (χ3v) is 3.24. The zero-order chi connectivity index (χ0) is 14.5. The van der Waals surface area contributed by atoms with Crippen LogP contribution in [0.25, 0.3) is 10.8 Å². The van der Waals surface area contributed by atoms with Gasteiger partial charge in [-0.15, -0.1) is 12.4 Å². The maximum Gasteiger partial charge on any atom is 0.216 e. The largest absolute Gasteiger partial charge is 0.495 e. The molecule has 0 radical (unpaired) electrons. The van der Waals surface area contributed by atoms with E-state index in [-0.39, 0.29) is 30.9 Å². The van der Waals surface area contributed by atoms with Crippen molar-refractivity contribution in [1.82, 2.24) is 5.32 Å². The Balaban J connectivity index is 0.00000220. The van der Waals surface area contributed by atoms with E-state index in [9.17, 15) is 4.79 Å². The van der Waals surface area contributed by atoms with Crippen LogP contribution in [0.5, 0.6) is 5.75 Å². The Labute approximate surface area is 136 Å². The molecule has 1 amide bonds. The summed E-state index contributed by atoms with van der Waals surface area (Å²) in [5.74, 6) is 0.479. The fourth-order valence-electron chi connectivity index (χ4n) is 2.04. The molecule has 0 aromatic heterocycles. The van der Waals surface area contributed by atoms with E-state index in [1.165, 1.54) is 6.92 Å². The number of hydrogen-bond acceptors (Lipinski definition) is 2. The van der Waals surface area contributed by atoms with Crippen molar-refractivity contribution < 1.29 is 16.4 Å². The molecule has 0 aliphatic carbocycles. The van der Waals surface area contributed by atoms with Crippen LogP contribution in [0.15, 0.2) is 30.3 Å². The average molecular weight is 333 g/mol. The SMILES string of the molecule is Cl.O.[2H]COc1cc2c(CCNC(C)=O)cccc2cc1Cl. The second-order valence-corrected chi connectivity index (χ2v) is 4.71. The fourth-order valence-corrected chi connectivity index (χ4v) is 2.27. The van der Waals surface area contributed by atoms with E-state index >= 15 is 0 Å². The van der Waals surface area contributed by atoms with Crippen molar-refractivity contribution in [1.29, 1.82) is 0 Å². The summed E-state index contributed by atoms with van der Waals surface area (Å²) in [7, 11) is -0.167. The van der Waals surface area contributed by atoms with Gasteiger partial charge >= 0.3 is 0 Å². The van der Waals surface area contributed by atoms with Crippen LogP contribution in [0, 0.1) is 0 Å². The lowest BCUT2D eigenvalue weighted by Gasteiger charge is -2.10. The van der Waals surface area contributed by atoms with Crippen molar-refractivity contribution >= 4 is 40.7 Å². The molecule has 0 bridgehead atoms. The maximum absolute atomic E-state index is 10.9. The van der Waals surface area contributed by atoms with E-state index in [0.29, 0.717) is 17.3 Å². The van der Waals surface area contributed by atoms with Gasteiger partial charge in [0.05, 0.1) is 13.5 Å². The first-order valence-corrected chi connectivity index (χ1v) is 6.37. The minimum absolute atomic E-state index is 0. The first kappa shape index (κ1) is 17.6. The highest BCUT2D eigenvalue weighted by Crippen LogP contribution is 2.31. The molecule has 0 saturated heterocycles. The molecule has 3 N–H and O–H groups in total. The van der Waals surface area contributed by atoms with Gasteiger partial charge in [0.2, 0.25) is 5.91 Å². The second-order valence-electron chi connectivity index (χ2n) is 4.30. The van der Waals surface area contributed by atoms with Crippen molar-refractivity contribution in [2.24, 2.45) is 0 Å². The molecule has 0 heterocycles. The molecule has 2 aromatic carbocycles. The molecule has 4 nitrogen and oxygen atoms in total. The monoisotopic (exact) mass is 332 g/mol. The Morgan fingerprint density at radius 1 is 1.43 bits per heavy atom. The lowest BCUT2D eigenvalue weighted by atomic mass is 10.0. The summed E-state index contributed by atoms with van der Waals surface area (Å²) in [6.07, 6.45) is 0.735. The van der Waals surface area contributed by atoms with Crippen LogP contribution < -0.4 is 10.1 Å². The molecule has 2 aromatic rings. The van der Waals surface area contributed by atoms with Crippen LogP contribution in [0.1, 0.15) is 13.9 Å². The number of rotatable bonds is 4. The van der Waals surface area contributed by atoms with Gasteiger partial charge in [0.1, 0.15) is 5.75 Å². The van der Waals surface area contributed by atoms with Crippen LogP contribution in [0.4, 0.5) is 0 Å². The lowest BCUT2D eigenvalue weighted by Crippen LogP contribution is -2.22. The summed E-state index contributed by atoms with van der Waals surface area (Å²) in [6, 6.07) is 9.65. The van der Waals surface area contributed by atoms with Gasteiger partial charge < -0.3 is 15.5 Å². The molecule has 6 heteroatoms. The lowest BCUT2D eigenvalue weighted by molar-refractivity contribution is -0.118. The summed E-state index contributed by atoms with van der Waals surface area (Å²) < 4.78 is 12.3. The smallest absolute Gasteiger partial charge is 0.216 e. The summed E-state index contributed by atoms with van der Waals surface area (Å²) >= 11 is 6.11. The van der Waals surface area contributed by atoms with Gasteiger partial charge in [0, 0.05) is 13.5 Å². The van der Waals surface area contributed by atoms with E-state index in [1.807, 2.05) is 30.3 Å². The van der Waals surface area contributed by atoms with Gasteiger partial charge in [-0.25, -0.2) is 0 Å². The van der Waals surface area contributed by atoms with E-state index in [0.717, 1.165) is 22.8 Å². The Morgan fingerprint density at radius 3 is 2.86 bits per heavy atom. The van der Waals surface area contributed by atoms with E-state index in [4.69, 9.17) is 17.7 Å². The summed E-state index contributed by atoms with van der Waals surface area (Å²) in [4.78, 5) is 10.9. The topological polar surface area (TPSA) is 69.8 Å². The summed E-state index contributed by atoms with van der Waals surface area (Å²) in [6.45, 7) is 2.09. The van der Waals surface area contributed by atoms with Crippen molar-refractivity contribution in [3.05, 3.63) is 40.9 Å². The fraction of sp³-hybridized carbons (Fsp3) is 0.267. The number of methoxy groups -OCH3 is 1. The number of benzene rings is 2. The quantitative estimate of drug-likeness (QED) is 0.935. The van der Waals surface area contributed by atoms with Gasteiger partial charge in [0.25, 0.3) is 0 Å². The molecule has 2 rings (SSSR count). The third-order valence-electron chi connectivity index (χ3n) is 2.95. The predicted molar refractivity (Wildman–Crippen MR) is 88.8 cm³/mol. The minimum Gasteiger partial charge on any atom is -0.495 e. The number of ether oxygens (including phenoxy) is 1. The molecule has 0 fully saturated rings. The van der Waals surface area contributed by atoms with Gasteiger partial charge in [-0.1, -0.05) is 29.8 Å². The van der Waals surface area contributed by atoms with Gasteiger partial charge in [0.15, 0.2) is 0 Å². The molecular weight excluding hydrogens is 313 g/mol. The number of amides is 1. The maximum atomic E-state index is 10.9.